The van der Waals surface area contributed by atoms with Gasteiger partial charge >= 0.3 is 5.97 Å². The number of Topliss-reactive ketones (excluding diaryl/α,β-unsaturated/α-hetero) is 1. The fourth-order valence-corrected chi connectivity index (χ4v) is 6.48. The van der Waals surface area contributed by atoms with Gasteiger partial charge in [0.2, 0.25) is 11.8 Å². The molecule has 10 heteroatoms. The Hall–Kier alpha value is -3.53. The van der Waals surface area contributed by atoms with Gasteiger partial charge in [-0.25, -0.2) is 0 Å². The number of allylic oxidation sites excluding steroid dienone is 6. The van der Waals surface area contributed by atoms with Gasteiger partial charge in [-0.15, -0.1) is 0 Å². The summed E-state index contributed by atoms with van der Waals surface area (Å²) in [5.74, 6) is -5.50. The van der Waals surface area contributed by atoms with E-state index in [0.717, 1.165) is 4.90 Å². The molecule has 1 heterocycles. The molecule has 4 aliphatic rings. The summed E-state index contributed by atoms with van der Waals surface area (Å²) < 4.78 is 5.61. The van der Waals surface area contributed by atoms with Crippen molar-refractivity contribution in [2.75, 3.05) is 13.7 Å². The molecule has 0 aromatic heterocycles. The number of methoxy groups -OCH3 is 1. The first-order chi connectivity index (χ1) is 17.1. The molecule has 0 spiro atoms. The molecule has 1 aromatic rings. The Bertz CT molecular complexity index is 1340. The summed E-state index contributed by atoms with van der Waals surface area (Å²) >= 11 is 3.17. The van der Waals surface area contributed by atoms with Crippen molar-refractivity contribution in [1.82, 2.24) is 4.90 Å². The van der Waals surface area contributed by atoms with E-state index >= 15 is 0 Å². The molecule has 9 nitrogen and oxygen atoms in total. The van der Waals surface area contributed by atoms with Crippen LogP contribution in [-0.4, -0.2) is 58.1 Å². The van der Waals surface area contributed by atoms with Crippen LogP contribution in [0.2, 0.25) is 0 Å². The zero-order chi connectivity index (χ0) is 25.9. The maximum absolute atomic E-state index is 13.4. The molecule has 0 saturated carbocycles. The number of phenolic OH excluding ortho intramolecular Hbond substituents is 1. The van der Waals surface area contributed by atoms with Crippen molar-refractivity contribution in [2.24, 2.45) is 17.8 Å². The number of carboxylic acid groups (broad SMARTS) is 1. The number of ketones is 2. The molecular formula is C26H22BrNO8. The van der Waals surface area contributed by atoms with Crippen molar-refractivity contribution < 1.29 is 38.9 Å². The lowest BCUT2D eigenvalue weighted by molar-refractivity contribution is -0.142. The van der Waals surface area contributed by atoms with Gasteiger partial charge in [-0.3, -0.25) is 28.9 Å². The highest BCUT2D eigenvalue weighted by Gasteiger charge is 2.56. The van der Waals surface area contributed by atoms with Crippen molar-refractivity contribution >= 4 is 45.3 Å². The zero-order valence-electron chi connectivity index (χ0n) is 19.2. The number of hydrogen-bond acceptors (Lipinski definition) is 7. The molecule has 0 unspecified atom stereocenters. The minimum atomic E-state index is -1.12. The molecule has 1 aromatic carbocycles. The van der Waals surface area contributed by atoms with E-state index in [1.807, 2.05) is 6.08 Å². The van der Waals surface area contributed by atoms with E-state index in [0.29, 0.717) is 16.9 Å². The number of carbonyl (C=O) groups excluding carboxylic acids is 4. The Morgan fingerprint density at radius 2 is 1.92 bits per heavy atom. The number of ether oxygens (including phenoxy) is 1. The number of likely N-dealkylation sites (tertiary alicyclic amines) is 1. The number of benzene rings is 1. The molecule has 1 aliphatic heterocycles. The lowest BCUT2D eigenvalue weighted by atomic mass is 9.59. The quantitative estimate of drug-likeness (QED) is 0.321. The van der Waals surface area contributed by atoms with Crippen LogP contribution in [0.1, 0.15) is 30.7 Å². The summed E-state index contributed by atoms with van der Waals surface area (Å²) in [6.07, 6.45) is 2.98. The topological polar surface area (TPSA) is 138 Å². The third-order valence-corrected chi connectivity index (χ3v) is 8.11. The van der Waals surface area contributed by atoms with E-state index in [1.54, 1.807) is 12.1 Å². The highest BCUT2D eigenvalue weighted by Crippen LogP contribution is 2.57. The predicted octanol–water partition coefficient (Wildman–Crippen LogP) is 2.64. The lowest BCUT2D eigenvalue weighted by Gasteiger charge is -2.42. The van der Waals surface area contributed by atoms with Crippen LogP contribution in [0.5, 0.6) is 11.5 Å². The number of nitrogens with zero attached hydrogens (tertiary/aromatic N) is 1. The Morgan fingerprint density at radius 1 is 1.17 bits per heavy atom. The predicted molar refractivity (Wildman–Crippen MR) is 128 cm³/mol. The molecule has 4 atom stereocenters. The average molecular weight is 556 g/mol. The van der Waals surface area contributed by atoms with Gasteiger partial charge < -0.3 is 14.9 Å². The van der Waals surface area contributed by atoms with Crippen LogP contribution in [0.3, 0.4) is 0 Å². The van der Waals surface area contributed by atoms with E-state index < -0.39 is 41.5 Å². The third-order valence-electron chi connectivity index (χ3n) is 7.52. The number of fused-ring (bicyclic) bond motifs is 3. The number of carbonyl (C=O) groups is 5. The first kappa shape index (κ1) is 24.2. The van der Waals surface area contributed by atoms with Crippen molar-refractivity contribution in [3.05, 3.63) is 57.1 Å². The Morgan fingerprint density at radius 3 is 2.61 bits per heavy atom. The summed E-state index contributed by atoms with van der Waals surface area (Å²) in [6, 6.07) is 4.71. The minimum absolute atomic E-state index is 0.0774. The molecule has 2 amide bonds. The molecule has 0 radical (unpaired) electrons. The van der Waals surface area contributed by atoms with Crippen LogP contribution < -0.4 is 4.74 Å². The maximum atomic E-state index is 13.4. The summed E-state index contributed by atoms with van der Waals surface area (Å²) in [6.45, 7) is -0.224. The van der Waals surface area contributed by atoms with Gasteiger partial charge in [-0.2, -0.15) is 0 Å². The zero-order valence-corrected chi connectivity index (χ0v) is 20.8. The molecule has 5 rings (SSSR count). The number of aliphatic carboxylic acids is 1. The van der Waals surface area contributed by atoms with Gasteiger partial charge in [0.15, 0.2) is 11.6 Å². The van der Waals surface area contributed by atoms with E-state index in [9.17, 15) is 29.1 Å². The molecule has 1 saturated heterocycles. The van der Waals surface area contributed by atoms with Gasteiger partial charge in [-0.1, -0.05) is 17.7 Å². The van der Waals surface area contributed by atoms with Crippen LogP contribution in [0.15, 0.2) is 51.6 Å². The Balaban J connectivity index is 1.67. The van der Waals surface area contributed by atoms with E-state index in [1.165, 1.54) is 19.3 Å². The second-order valence-electron chi connectivity index (χ2n) is 9.26. The molecule has 186 valence electrons. The highest BCUT2D eigenvalue weighted by molar-refractivity contribution is 9.12. The van der Waals surface area contributed by atoms with E-state index in [2.05, 4.69) is 15.9 Å². The summed E-state index contributed by atoms with van der Waals surface area (Å²) in [7, 11) is 1.43. The molecular weight excluding hydrogens is 534 g/mol. The maximum Gasteiger partial charge on any atom is 0.305 e. The minimum Gasteiger partial charge on any atom is -0.507 e. The van der Waals surface area contributed by atoms with Gasteiger partial charge in [0.05, 0.1) is 29.8 Å². The first-order valence-corrected chi connectivity index (χ1v) is 12.3. The number of phenols is 1. The fourth-order valence-electron chi connectivity index (χ4n) is 6.03. The summed E-state index contributed by atoms with van der Waals surface area (Å²) in [5, 5.41) is 19.9. The molecule has 0 bridgehead atoms. The second kappa shape index (κ2) is 8.85. The smallest absolute Gasteiger partial charge is 0.305 e. The molecule has 2 N–H and O–H groups in total. The van der Waals surface area contributed by atoms with Crippen molar-refractivity contribution in [3.63, 3.8) is 0 Å². The van der Waals surface area contributed by atoms with Crippen molar-refractivity contribution in [3.8, 4) is 11.5 Å². The summed E-state index contributed by atoms with van der Waals surface area (Å²) in [4.78, 5) is 65.1. The first-order valence-electron chi connectivity index (χ1n) is 11.5. The van der Waals surface area contributed by atoms with Crippen LogP contribution in [-0.2, 0) is 24.0 Å². The van der Waals surface area contributed by atoms with Gasteiger partial charge in [0.25, 0.3) is 0 Å². The van der Waals surface area contributed by atoms with Gasteiger partial charge in [0.1, 0.15) is 11.5 Å². The van der Waals surface area contributed by atoms with Crippen LogP contribution in [0.4, 0.5) is 0 Å². The van der Waals surface area contributed by atoms with E-state index in [-0.39, 0.29) is 58.8 Å². The van der Waals surface area contributed by atoms with Crippen LogP contribution >= 0.6 is 15.9 Å². The molecule has 3 aliphatic carbocycles. The second-order valence-corrected chi connectivity index (χ2v) is 10.1. The van der Waals surface area contributed by atoms with Gasteiger partial charge in [0, 0.05) is 35.2 Å². The highest BCUT2D eigenvalue weighted by atomic mass is 79.9. The number of halogens is 1. The lowest BCUT2D eigenvalue weighted by Crippen LogP contribution is -2.40. The summed E-state index contributed by atoms with van der Waals surface area (Å²) in [5.41, 5.74) is 1.44. The average Bonchev–Trinajstić information content (AvgIpc) is 3.09. The van der Waals surface area contributed by atoms with Crippen LogP contribution in [0.25, 0.3) is 0 Å². The third kappa shape index (κ3) is 3.54. The fraction of sp³-hybridized carbons (Fsp3) is 0.346. The number of aromatic hydroxyl groups is 1. The molecule has 36 heavy (non-hydrogen) atoms. The SMILES string of the molecule is COc1cccc(O)c1[C@H]1C2=CC[C@@H]3C(=O)N(CCC(=O)O)C(=O)[C@@H]3[C@@H]2CC2=C1C(=O)C=C(Br)C2=O. The van der Waals surface area contributed by atoms with Crippen molar-refractivity contribution in [2.45, 2.75) is 25.2 Å². The number of imide groups is 1. The molecule has 1 fully saturated rings. The van der Waals surface area contributed by atoms with Crippen LogP contribution in [0, 0.1) is 17.8 Å². The number of carboxylic acids is 1. The largest absolute Gasteiger partial charge is 0.507 e. The number of hydrogen-bond donors (Lipinski definition) is 2. The number of rotatable bonds is 5. The van der Waals surface area contributed by atoms with E-state index in [4.69, 9.17) is 9.84 Å². The Kier molecular flexibility index (Phi) is 5.94. The van der Waals surface area contributed by atoms with Crippen molar-refractivity contribution in [1.29, 1.82) is 0 Å². The monoisotopic (exact) mass is 555 g/mol. The normalized spacial score (nSPS) is 27.3. The van der Waals surface area contributed by atoms with Gasteiger partial charge in [-0.05, 0) is 46.8 Å². The standard InChI is InChI=1S/C26H22BrNO8/c1-36-18-4-2-3-16(29)23(18)22-11-5-6-12-20(26(35)28(25(12)34)8-7-19(31)32)13(11)9-14-21(22)17(30)10-15(27)24(14)33/h2-5,10,12-13,20,22,29H,6-9H2,1H3,(H,31,32)/t12-,13+,20-,22-/m0/s1. The number of amides is 2. The Labute approximate surface area is 214 Å².